The lowest BCUT2D eigenvalue weighted by molar-refractivity contribution is -0.00817. The molecular formula is C5H11O4P. The molecule has 5 atom stereocenters. The molecule has 0 bridgehead atoms. The zero-order chi connectivity index (χ0) is 7.72. The molecule has 0 aromatic carbocycles. The van der Waals surface area contributed by atoms with E-state index in [0.717, 1.165) is 0 Å². The fourth-order valence-corrected chi connectivity index (χ4v) is 1.36. The highest BCUT2D eigenvalue weighted by Crippen LogP contribution is 2.24. The van der Waals surface area contributed by atoms with Crippen molar-refractivity contribution in [3.05, 3.63) is 0 Å². The van der Waals surface area contributed by atoms with Crippen LogP contribution in [0.2, 0.25) is 0 Å². The lowest BCUT2D eigenvalue weighted by Crippen LogP contribution is -2.32. The number of hydrogen-bond acceptors (Lipinski definition) is 4. The minimum atomic E-state index is -0.965. The van der Waals surface area contributed by atoms with E-state index >= 15 is 0 Å². The Labute approximate surface area is 61.0 Å². The van der Waals surface area contributed by atoms with Gasteiger partial charge in [0.1, 0.15) is 18.3 Å². The molecule has 0 saturated carbocycles. The van der Waals surface area contributed by atoms with Gasteiger partial charge < -0.3 is 20.1 Å². The lowest BCUT2D eigenvalue weighted by atomic mass is 10.2. The summed E-state index contributed by atoms with van der Waals surface area (Å²) < 4.78 is 4.95. The van der Waals surface area contributed by atoms with Crippen molar-refractivity contribution in [3.8, 4) is 0 Å². The molecule has 60 valence electrons. The van der Waals surface area contributed by atoms with Crippen LogP contribution >= 0.6 is 9.24 Å². The Balaban J connectivity index is 2.53. The molecular weight excluding hydrogens is 155 g/mol. The van der Waals surface area contributed by atoms with Crippen LogP contribution in [-0.4, -0.2) is 46.1 Å². The van der Waals surface area contributed by atoms with Gasteiger partial charge in [-0.1, -0.05) is 0 Å². The smallest absolute Gasteiger partial charge is 0.112 e. The van der Waals surface area contributed by atoms with E-state index in [0.29, 0.717) is 0 Å². The molecule has 0 aliphatic carbocycles. The maximum absolute atomic E-state index is 9.08. The van der Waals surface area contributed by atoms with Crippen LogP contribution in [-0.2, 0) is 4.74 Å². The number of ether oxygens (including phenoxy) is 1. The summed E-state index contributed by atoms with van der Waals surface area (Å²) in [6.45, 7) is -0.261. The summed E-state index contributed by atoms with van der Waals surface area (Å²) >= 11 is 0. The second kappa shape index (κ2) is 3.11. The van der Waals surface area contributed by atoms with Crippen molar-refractivity contribution in [2.45, 2.75) is 24.2 Å². The predicted octanol–water partition coefficient (Wildman–Crippen LogP) is -1.70. The summed E-state index contributed by atoms with van der Waals surface area (Å²) in [6.07, 6.45) is -2.51. The standard InChI is InChI=1S/C5H11O4P/c6-1-2-3(7)4(8)5(10)9-2/h2-8H,1,10H2/t2-,3-,4-,5?/m1/s1. The molecule has 1 heterocycles. The average molecular weight is 166 g/mol. The minimum Gasteiger partial charge on any atom is -0.394 e. The van der Waals surface area contributed by atoms with Gasteiger partial charge in [-0.05, 0) is 0 Å². The Morgan fingerprint density at radius 2 is 1.90 bits per heavy atom. The van der Waals surface area contributed by atoms with E-state index in [4.69, 9.17) is 20.1 Å². The Kier molecular flexibility index (Phi) is 2.61. The molecule has 0 amide bonds. The van der Waals surface area contributed by atoms with Crippen LogP contribution in [0.4, 0.5) is 0 Å². The fraction of sp³-hybridized carbons (Fsp3) is 1.00. The monoisotopic (exact) mass is 166 g/mol. The first-order chi connectivity index (χ1) is 4.66. The molecule has 1 aliphatic heterocycles. The van der Waals surface area contributed by atoms with Gasteiger partial charge in [0.2, 0.25) is 0 Å². The molecule has 0 radical (unpaired) electrons. The topological polar surface area (TPSA) is 69.9 Å². The average Bonchev–Trinajstić information content (AvgIpc) is 2.17. The fourth-order valence-electron chi connectivity index (χ4n) is 0.928. The zero-order valence-corrected chi connectivity index (χ0v) is 6.50. The summed E-state index contributed by atoms with van der Waals surface area (Å²) in [7, 11) is 2.25. The van der Waals surface area contributed by atoms with Crippen LogP contribution in [0.1, 0.15) is 0 Å². The molecule has 3 N–H and O–H groups in total. The Morgan fingerprint density at radius 3 is 2.10 bits per heavy atom. The van der Waals surface area contributed by atoms with Crippen LogP contribution in [0.3, 0.4) is 0 Å². The van der Waals surface area contributed by atoms with Crippen molar-refractivity contribution < 1.29 is 20.1 Å². The second-order valence-electron chi connectivity index (χ2n) is 2.30. The van der Waals surface area contributed by atoms with E-state index in [1.165, 1.54) is 0 Å². The van der Waals surface area contributed by atoms with Crippen LogP contribution in [0.5, 0.6) is 0 Å². The molecule has 0 aromatic rings. The van der Waals surface area contributed by atoms with Crippen LogP contribution in [0.25, 0.3) is 0 Å². The van der Waals surface area contributed by atoms with Crippen molar-refractivity contribution in [2.24, 2.45) is 0 Å². The highest BCUT2D eigenvalue weighted by molar-refractivity contribution is 7.17. The van der Waals surface area contributed by atoms with Gasteiger partial charge in [0.15, 0.2) is 0 Å². The van der Waals surface area contributed by atoms with E-state index in [1.54, 1.807) is 0 Å². The number of hydrogen-bond donors (Lipinski definition) is 3. The molecule has 1 fully saturated rings. The zero-order valence-electron chi connectivity index (χ0n) is 5.34. The molecule has 1 saturated heterocycles. The van der Waals surface area contributed by atoms with E-state index in [2.05, 4.69) is 9.24 Å². The third-order valence-corrected chi connectivity index (χ3v) is 2.13. The first kappa shape index (κ1) is 8.37. The molecule has 2 unspecified atom stereocenters. The van der Waals surface area contributed by atoms with Crippen molar-refractivity contribution in [2.75, 3.05) is 6.61 Å². The Morgan fingerprint density at radius 1 is 1.30 bits per heavy atom. The molecule has 4 nitrogen and oxygen atoms in total. The normalized spacial score (nSPS) is 48.0. The molecule has 0 aromatic heterocycles. The van der Waals surface area contributed by atoms with Gasteiger partial charge in [-0.15, -0.1) is 9.24 Å². The van der Waals surface area contributed by atoms with Gasteiger partial charge in [0.05, 0.1) is 12.5 Å². The van der Waals surface area contributed by atoms with E-state index in [-0.39, 0.29) is 6.61 Å². The van der Waals surface area contributed by atoms with E-state index in [9.17, 15) is 0 Å². The van der Waals surface area contributed by atoms with Gasteiger partial charge in [-0.25, -0.2) is 0 Å². The summed E-state index contributed by atoms with van der Waals surface area (Å²) in [5.74, 6) is -0.466. The van der Waals surface area contributed by atoms with Crippen molar-refractivity contribution in [3.63, 3.8) is 0 Å². The predicted molar refractivity (Wildman–Crippen MR) is 37.5 cm³/mol. The third-order valence-electron chi connectivity index (χ3n) is 1.58. The van der Waals surface area contributed by atoms with Gasteiger partial charge >= 0.3 is 0 Å². The molecule has 0 spiro atoms. The van der Waals surface area contributed by atoms with Gasteiger partial charge in [0, 0.05) is 0 Å². The van der Waals surface area contributed by atoms with Crippen LogP contribution in [0, 0.1) is 0 Å². The summed E-state index contributed by atoms with van der Waals surface area (Å²) in [6, 6.07) is 0. The highest BCUT2D eigenvalue weighted by Gasteiger charge is 2.39. The minimum absolute atomic E-state index is 0.261. The van der Waals surface area contributed by atoms with Crippen LogP contribution in [0.15, 0.2) is 0 Å². The number of aliphatic hydroxyl groups excluding tert-OH is 3. The molecule has 10 heavy (non-hydrogen) atoms. The summed E-state index contributed by atoms with van der Waals surface area (Å²) in [4.78, 5) is 0. The van der Waals surface area contributed by atoms with Crippen molar-refractivity contribution >= 4 is 9.24 Å². The van der Waals surface area contributed by atoms with Gasteiger partial charge in [-0.3, -0.25) is 0 Å². The summed E-state index contributed by atoms with van der Waals surface area (Å²) in [5.41, 5.74) is 0. The molecule has 1 rings (SSSR count). The van der Waals surface area contributed by atoms with Crippen molar-refractivity contribution in [1.82, 2.24) is 0 Å². The highest BCUT2D eigenvalue weighted by atomic mass is 31.0. The van der Waals surface area contributed by atoms with Crippen LogP contribution < -0.4 is 0 Å². The first-order valence-electron chi connectivity index (χ1n) is 3.05. The molecule has 1 aliphatic rings. The largest absolute Gasteiger partial charge is 0.394 e. The number of aliphatic hydroxyl groups is 3. The Hall–Kier alpha value is 0.270. The quantitative estimate of drug-likeness (QED) is 0.406. The van der Waals surface area contributed by atoms with Gasteiger partial charge in [0.25, 0.3) is 0 Å². The number of rotatable bonds is 1. The first-order valence-corrected chi connectivity index (χ1v) is 3.71. The summed E-state index contributed by atoms with van der Waals surface area (Å²) in [5, 5.41) is 26.7. The van der Waals surface area contributed by atoms with Crippen molar-refractivity contribution in [1.29, 1.82) is 0 Å². The van der Waals surface area contributed by atoms with E-state index < -0.39 is 24.2 Å². The second-order valence-corrected chi connectivity index (χ2v) is 2.96. The SMILES string of the molecule is OC[C@H]1OC(P)[C@H](O)[C@@H]1O. The lowest BCUT2D eigenvalue weighted by Gasteiger charge is -2.10. The van der Waals surface area contributed by atoms with Gasteiger partial charge in [-0.2, -0.15) is 0 Å². The van der Waals surface area contributed by atoms with E-state index in [1.807, 2.05) is 0 Å². The molecule has 5 heteroatoms. The maximum atomic E-state index is 9.08. The maximum Gasteiger partial charge on any atom is 0.112 e. The Bertz CT molecular complexity index is 120. The third kappa shape index (κ3) is 1.31.